The van der Waals surface area contributed by atoms with Crippen LogP contribution in [0.15, 0.2) is 39.9 Å². The highest BCUT2D eigenvalue weighted by Gasteiger charge is 2.30. The minimum Gasteiger partial charge on any atom is -0.490 e. The molecule has 30 heavy (non-hydrogen) atoms. The van der Waals surface area contributed by atoms with E-state index in [1.54, 1.807) is 12.1 Å². The van der Waals surface area contributed by atoms with Gasteiger partial charge in [0.05, 0.1) is 18.3 Å². The zero-order valence-electron chi connectivity index (χ0n) is 17.3. The van der Waals surface area contributed by atoms with Gasteiger partial charge < -0.3 is 19.7 Å². The first-order valence-corrected chi connectivity index (χ1v) is 10.4. The Morgan fingerprint density at radius 3 is 3.00 bits per heavy atom. The molecule has 0 radical (unpaired) electrons. The number of aromatic nitrogens is 2. The summed E-state index contributed by atoms with van der Waals surface area (Å²) in [7, 11) is 0. The molecule has 0 aliphatic heterocycles. The number of nitriles is 1. The Hall–Kier alpha value is -2.95. The van der Waals surface area contributed by atoms with Crippen molar-refractivity contribution < 1.29 is 14.4 Å². The van der Waals surface area contributed by atoms with Crippen molar-refractivity contribution in [3.05, 3.63) is 46.8 Å². The van der Waals surface area contributed by atoms with Gasteiger partial charge in [-0.1, -0.05) is 11.2 Å². The number of ether oxygens (including phenoxy) is 1. The molecule has 7 heteroatoms. The Bertz CT molecular complexity index is 1030. The Labute approximate surface area is 176 Å². The molecule has 2 N–H and O–H groups in total. The second kappa shape index (κ2) is 8.82. The zero-order valence-corrected chi connectivity index (χ0v) is 17.3. The van der Waals surface area contributed by atoms with Crippen molar-refractivity contribution in [1.29, 1.82) is 5.26 Å². The van der Waals surface area contributed by atoms with E-state index in [0.717, 1.165) is 31.3 Å². The molecule has 4 rings (SSSR count). The van der Waals surface area contributed by atoms with Gasteiger partial charge in [-0.25, -0.2) is 0 Å². The van der Waals surface area contributed by atoms with E-state index in [1.807, 2.05) is 19.9 Å². The van der Waals surface area contributed by atoms with Crippen LogP contribution in [0.25, 0.3) is 17.0 Å². The molecular weight excluding hydrogens is 380 g/mol. The third kappa shape index (κ3) is 4.02. The molecule has 0 fully saturated rings. The molecule has 0 spiro atoms. The maximum atomic E-state index is 9.47. The van der Waals surface area contributed by atoms with Crippen molar-refractivity contribution in [1.82, 2.24) is 15.5 Å². The van der Waals surface area contributed by atoms with E-state index in [9.17, 15) is 5.26 Å². The van der Waals surface area contributed by atoms with E-state index in [2.05, 4.69) is 27.6 Å². The molecule has 1 unspecified atom stereocenters. The lowest BCUT2D eigenvalue weighted by atomic mass is 9.91. The highest BCUT2D eigenvalue weighted by Crippen LogP contribution is 2.41. The van der Waals surface area contributed by atoms with Gasteiger partial charge in [-0.05, 0) is 68.9 Å². The van der Waals surface area contributed by atoms with Crippen LogP contribution >= 0.6 is 0 Å². The van der Waals surface area contributed by atoms with E-state index in [1.165, 1.54) is 11.1 Å². The molecule has 2 aliphatic rings. The van der Waals surface area contributed by atoms with Crippen LogP contribution in [0, 0.1) is 11.3 Å². The maximum Gasteiger partial charge on any atom is 0.258 e. The number of rotatable bonds is 7. The highest BCUT2D eigenvalue weighted by atomic mass is 16.5. The smallest absolute Gasteiger partial charge is 0.258 e. The number of hydrogen-bond acceptors (Lipinski definition) is 7. The first-order valence-electron chi connectivity index (χ1n) is 10.4. The Morgan fingerprint density at radius 2 is 2.23 bits per heavy atom. The molecule has 0 amide bonds. The van der Waals surface area contributed by atoms with Crippen LogP contribution in [0.5, 0.6) is 5.75 Å². The lowest BCUT2D eigenvalue weighted by Crippen LogP contribution is -2.31. The lowest BCUT2D eigenvalue weighted by molar-refractivity contribution is 0.241. The average molecular weight is 406 g/mol. The van der Waals surface area contributed by atoms with Gasteiger partial charge in [-0.2, -0.15) is 10.2 Å². The van der Waals surface area contributed by atoms with Crippen molar-refractivity contribution >= 4 is 5.57 Å². The number of aliphatic hydroxyl groups excluding tert-OH is 1. The summed E-state index contributed by atoms with van der Waals surface area (Å²) in [6.45, 7) is 4.59. The fraction of sp³-hybridized carbons (Fsp3) is 0.435. The molecule has 2 aromatic rings. The topological polar surface area (TPSA) is 104 Å². The van der Waals surface area contributed by atoms with Gasteiger partial charge in [0.25, 0.3) is 5.89 Å². The molecule has 0 bridgehead atoms. The lowest BCUT2D eigenvalue weighted by Gasteiger charge is -2.20. The summed E-state index contributed by atoms with van der Waals surface area (Å²) in [6, 6.07) is 7.81. The van der Waals surface area contributed by atoms with E-state index in [4.69, 9.17) is 14.4 Å². The van der Waals surface area contributed by atoms with Crippen molar-refractivity contribution in [2.45, 2.75) is 51.7 Å². The minimum absolute atomic E-state index is 0.0132. The Kier molecular flexibility index (Phi) is 5.98. The second-order valence-corrected chi connectivity index (χ2v) is 7.84. The summed E-state index contributed by atoms with van der Waals surface area (Å²) in [4.78, 5) is 4.63. The molecule has 1 atom stereocenters. The third-order valence-corrected chi connectivity index (χ3v) is 5.46. The Balaban J connectivity index is 1.59. The van der Waals surface area contributed by atoms with Crippen molar-refractivity contribution in [3.8, 4) is 23.3 Å². The Morgan fingerprint density at radius 1 is 1.37 bits per heavy atom. The van der Waals surface area contributed by atoms with Crippen LogP contribution in [-0.2, 0) is 0 Å². The van der Waals surface area contributed by atoms with E-state index < -0.39 is 0 Å². The predicted octanol–water partition coefficient (Wildman–Crippen LogP) is 3.61. The molecule has 156 valence electrons. The van der Waals surface area contributed by atoms with Crippen LogP contribution in [0.3, 0.4) is 0 Å². The standard InChI is InChI=1S/C23H26N4O3/c1-14(2)29-21-9-6-15(12-16(21)13-24)23-26-22(27-30-23)19-5-3-4-18-17(19)7-8-20(18)25-10-11-28/h5-6,9,12,14,20,25,28H,3-4,7-8,10-11H2,1-2H3. The van der Waals surface area contributed by atoms with Gasteiger partial charge in [0.1, 0.15) is 11.8 Å². The summed E-state index contributed by atoms with van der Waals surface area (Å²) in [5.41, 5.74) is 4.87. The quantitative estimate of drug-likeness (QED) is 0.724. The number of allylic oxidation sites excluding steroid dienone is 3. The highest BCUT2D eigenvalue weighted by molar-refractivity contribution is 5.79. The molecule has 1 heterocycles. The fourth-order valence-electron chi connectivity index (χ4n) is 4.21. The van der Waals surface area contributed by atoms with E-state index >= 15 is 0 Å². The number of aliphatic hydroxyl groups is 1. The molecule has 7 nitrogen and oxygen atoms in total. The molecule has 1 aromatic heterocycles. The van der Waals surface area contributed by atoms with E-state index in [-0.39, 0.29) is 12.7 Å². The summed E-state index contributed by atoms with van der Waals surface area (Å²) in [5.74, 6) is 1.52. The first-order chi connectivity index (χ1) is 14.6. The monoisotopic (exact) mass is 406 g/mol. The van der Waals surface area contributed by atoms with Gasteiger partial charge in [0, 0.05) is 23.7 Å². The van der Waals surface area contributed by atoms with Crippen molar-refractivity contribution in [3.63, 3.8) is 0 Å². The largest absolute Gasteiger partial charge is 0.490 e. The van der Waals surface area contributed by atoms with Crippen molar-refractivity contribution in [2.24, 2.45) is 0 Å². The predicted molar refractivity (Wildman–Crippen MR) is 113 cm³/mol. The number of hydrogen-bond donors (Lipinski definition) is 2. The fourth-order valence-corrected chi connectivity index (χ4v) is 4.21. The minimum atomic E-state index is -0.0132. The summed E-state index contributed by atoms with van der Waals surface area (Å²) < 4.78 is 11.2. The first kappa shape index (κ1) is 20.3. The van der Waals surface area contributed by atoms with Gasteiger partial charge >= 0.3 is 0 Å². The number of nitrogens with one attached hydrogen (secondary N) is 1. The van der Waals surface area contributed by atoms with Crippen LogP contribution in [0.4, 0.5) is 0 Å². The van der Waals surface area contributed by atoms with Gasteiger partial charge in [-0.15, -0.1) is 0 Å². The molecule has 2 aliphatic carbocycles. The molecular formula is C23H26N4O3. The molecule has 0 saturated carbocycles. The van der Waals surface area contributed by atoms with E-state index in [0.29, 0.717) is 41.2 Å². The van der Waals surface area contributed by atoms with Crippen LogP contribution < -0.4 is 10.1 Å². The van der Waals surface area contributed by atoms with Gasteiger partial charge in [-0.3, -0.25) is 0 Å². The SMILES string of the molecule is CC(C)Oc1ccc(-c2nc(C3=CCCC4=C3CCC4NCCO)no2)cc1C#N. The normalized spacial score (nSPS) is 18.4. The van der Waals surface area contributed by atoms with Crippen LogP contribution in [0.1, 0.15) is 50.9 Å². The molecule has 1 aromatic carbocycles. The molecule has 0 saturated heterocycles. The number of benzene rings is 1. The van der Waals surface area contributed by atoms with Gasteiger partial charge in [0.2, 0.25) is 5.82 Å². The maximum absolute atomic E-state index is 9.47. The summed E-state index contributed by atoms with van der Waals surface area (Å²) in [5, 5.41) is 26.2. The second-order valence-electron chi connectivity index (χ2n) is 7.84. The average Bonchev–Trinajstić information content (AvgIpc) is 3.39. The van der Waals surface area contributed by atoms with Crippen LogP contribution in [0.2, 0.25) is 0 Å². The van der Waals surface area contributed by atoms with Crippen molar-refractivity contribution in [2.75, 3.05) is 13.2 Å². The zero-order chi connectivity index (χ0) is 21.1. The summed E-state index contributed by atoms with van der Waals surface area (Å²) >= 11 is 0. The summed E-state index contributed by atoms with van der Waals surface area (Å²) in [6.07, 6.45) is 6.12. The van der Waals surface area contributed by atoms with Crippen LogP contribution in [-0.4, -0.2) is 40.5 Å². The number of nitrogens with zero attached hydrogens (tertiary/aromatic N) is 3. The third-order valence-electron chi connectivity index (χ3n) is 5.46. The van der Waals surface area contributed by atoms with Gasteiger partial charge in [0.15, 0.2) is 0 Å².